The normalized spacial score (nSPS) is 10.7. The van der Waals surface area contributed by atoms with Crippen LogP contribution in [0.25, 0.3) is 0 Å². The largest absolute Gasteiger partial charge is 0.359 e. The van der Waals surface area contributed by atoms with Crippen molar-refractivity contribution in [2.75, 3.05) is 10.6 Å². The summed E-state index contributed by atoms with van der Waals surface area (Å²) >= 11 is 6.09. The molecular formula is C17H14ClN3O. The number of carbonyl (C=O) groups is 1. The number of hydrogen-bond acceptors (Lipinski definition) is 3. The lowest BCUT2D eigenvalue weighted by Gasteiger charge is -2.08. The zero-order chi connectivity index (χ0) is 15.9. The van der Waals surface area contributed by atoms with Crippen molar-refractivity contribution in [1.82, 2.24) is 0 Å². The third-order valence-corrected chi connectivity index (χ3v) is 3.29. The highest BCUT2D eigenvalue weighted by atomic mass is 35.5. The number of nitriles is 1. The molecule has 0 fully saturated rings. The Bertz CT molecular complexity index is 728. The summed E-state index contributed by atoms with van der Waals surface area (Å²) in [6, 6.07) is 16.3. The highest BCUT2D eigenvalue weighted by molar-refractivity contribution is 6.33. The molecule has 0 aromatic heterocycles. The summed E-state index contributed by atoms with van der Waals surface area (Å²) in [4.78, 5) is 12.1. The number of halogens is 1. The van der Waals surface area contributed by atoms with Crippen molar-refractivity contribution in [2.24, 2.45) is 0 Å². The molecule has 0 aliphatic carbocycles. The van der Waals surface area contributed by atoms with Crippen LogP contribution in [0.1, 0.15) is 5.56 Å². The SMILES string of the molecule is Cc1cccc(Cl)c1NC=C(C#N)C(=O)Nc1ccccc1. The fourth-order valence-corrected chi connectivity index (χ4v) is 2.10. The van der Waals surface area contributed by atoms with Crippen LogP contribution in [0, 0.1) is 18.3 Å². The van der Waals surface area contributed by atoms with E-state index in [9.17, 15) is 4.79 Å². The van der Waals surface area contributed by atoms with Gasteiger partial charge in [-0.25, -0.2) is 0 Å². The molecule has 1 amide bonds. The maximum atomic E-state index is 12.1. The summed E-state index contributed by atoms with van der Waals surface area (Å²) < 4.78 is 0. The van der Waals surface area contributed by atoms with Crippen LogP contribution in [0.15, 0.2) is 60.3 Å². The lowest BCUT2D eigenvalue weighted by atomic mass is 10.2. The Kier molecular flexibility index (Phi) is 5.18. The van der Waals surface area contributed by atoms with Crippen molar-refractivity contribution >= 4 is 28.9 Å². The van der Waals surface area contributed by atoms with Crippen LogP contribution in [-0.4, -0.2) is 5.91 Å². The molecule has 2 N–H and O–H groups in total. The molecule has 0 bridgehead atoms. The summed E-state index contributed by atoms with van der Waals surface area (Å²) in [7, 11) is 0. The Hall–Kier alpha value is -2.77. The van der Waals surface area contributed by atoms with E-state index in [4.69, 9.17) is 16.9 Å². The van der Waals surface area contributed by atoms with Gasteiger partial charge in [-0.15, -0.1) is 0 Å². The number of amides is 1. The summed E-state index contributed by atoms with van der Waals surface area (Å²) in [6.07, 6.45) is 1.35. The van der Waals surface area contributed by atoms with Gasteiger partial charge < -0.3 is 10.6 Å². The zero-order valence-corrected chi connectivity index (χ0v) is 12.7. The number of rotatable bonds is 4. The summed E-state index contributed by atoms with van der Waals surface area (Å²) in [5.74, 6) is -0.481. The molecule has 0 aliphatic rings. The minimum Gasteiger partial charge on any atom is -0.359 e. The Morgan fingerprint density at radius 1 is 1.18 bits per heavy atom. The Balaban J connectivity index is 2.14. The minimum absolute atomic E-state index is 0.0387. The van der Waals surface area contributed by atoms with Crippen LogP contribution >= 0.6 is 11.6 Å². The van der Waals surface area contributed by atoms with E-state index in [-0.39, 0.29) is 5.57 Å². The van der Waals surface area contributed by atoms with Crippen molar-refractivity contribution in [3.8, 4) is 6.07 Å². The molecule has 4 nitrogen and oxygen atoms in total. The van der Waals surface area contributed by atoms with Crippen LogP contribution in [0.2, 0.25) is 5.02 Å². The van der Waals surface area contributed by atoms with Crippen LogP contribution in [0.4, 0.5) is 11.4 Å². The van der Waals surface area contributed by atoms with E-state index in [0.717, 1.165) is 5.56 Å². The van der Waals surface area contributed by atoms with Crippen LogP contribution in [0.5, 0.6) is 0 Å². The fourth-order valence-electron chi connectivity index (χ4n) is 1.83. The van der Waals surface area contributed by atoms with E-state index >= 15 is 0 Å². The summed E-state index contributed by atoms with van der Waals surface area (Å²) in [5, 5.41) is 15.2. The number of benzene rings is 2. The smallest absolute Gasteiger partial charge is 0.267 e. The Morgan fingerprint density at radius 2 is 1.91 bits per heavy atom. The van der Waals surface area contributed by atoms with E-state index < -0.39 is 5.91 Å². The van der Waals surface area contributed by atoms with Crippen LogP contribution < -0.4 is 10.6 Å². The van der Waals surface area contributed by atoms with E-state index in [1.807, 2.05) is 31.2 Å². The standard InChI is InChI=1S/C17H14ClN3O/c1-12-6-5-9-15(18)16(12)20-11-13(10-19)17(22)21-14-7-3-2-4-8-14/h2-9,11,20H,1H3,(H,21,22). The molecular weight excluding hydrogens is 298 g/mol. The lowest BCUT2D eigenvalue weighted by molar-refractivity contribution is -0.112. The second-order valence-corrected chi connectivity index (χ2v) is 4.97. The molecule has 2 rings (SSSR count). The number of anilines is 2. The van der Waals surface area contributed by atoms with E-state index in [1.54, 1.807) is 30.3 Å². The van der Waals surface area contributed by atoms with Gasteiger partial charge in [0.1, 0.15) is 11.6 Å². The second-order valence-electron chi connectivity index (χ2n) is 4.57. The van der Waals surface area contributed by atoms with Gasteiger partial charge in [0.05, 0.1) is 10.7 Å². The average molecular weight is 312 g/mol. The van der Waals surface area contributed by atoms with Gasteiger partial charge in [-0.05, 0) is 30.7 Å². The quantitative estimate of drug-likeness (QED) is 0.660. The van der Waals surface area contributed by atoms with Gasteiger partial charge in [0.15, 0.2) is 0 Å². The first kappa shape index (κ1) is 15.6. The number of para-hydroxylation sites is 2. The molecule has 0 saturated carbocycles. The molecule has 0 saturated heterocycles. The molecule has 0 atom stereocenters. The first-order chi connectivity index (χ1) is 10.6. The number of nitrogens with zero attached hydrogens (tertiary/aromatic N) is 1. The second kappa shape index (κ2) is 7.30. The molecule has 0 heterocycles. The maximum absolute atomic E-state index is 12.1. The molecule has 2 aromatic rings. The third kappa shape index (κ3) is 3.87. The van der Waals surface area contributed by atoms with Crippen molar-refractivity contribution in [1.29, 1.82) is 5.26 Å². The summed E-state index contributed by atoms with van der Waals surface area (Å²) in [5.41, 5.74) is 2.18. The predicted molar refractivity (Wildman–Crippen MR) is 88.6 cm³/mol. The van der Waals surface area contributed by atoms with Gasteiger partial charge in [0, 0.05) is 11.9 Å². The minimum atomic E-state index is -0.481. The van der Waals surface area contributed by atoms with Gasteiger partial charge in [-0.3, -0.25) is 4.79 Å². The molecule has 0 radical (unpaired) electrons. The van der Waals surface area contributed by atoms with Gasteiger partial charge in [0.25, 0.3) is 5.91 Å². The Morgan fingerprint density at radius 3 is 2.55 bits per heavy atom. The predicted octanol–water partition coefficient (Wildman–Crippen LogP) is 4.11. The first-order valence-corrected chi connectivity index (χ1v) is 6.98. The lowest BCUT2D eigenvalue weighted by Crippen LogP contribution is -2.14. The van der Waals surface area contributed by atoms with Gasteiger partial charge in [0.2, 0.25) is 0 Å². The highest BCUT2D eigenvalue weighted by Gasteiger charge is 2.10. The van der Waals surface area contributed by atoms with Crippen molar-refractivity contribution in [2.45, 2.75) is 6.92 Å². The topological polar surface area (TPSA) is 64.9 Å². The number of carbonyl (C=O) groups excluding carboxylic acids is 1. The van der Waals surface area contributed by atoms with Gasteiger partial charge in [-0.1, -0.05) is 41.9 Å². The molecule has 0 aliphatic heterocycles. The molecule has 0 spiro atoms. The number of aryl methyl sites for hydroxylation is 1. The van der Waals surface area contributed by atoms with Gasteiger partial charge in [-0.2, -0.15) is 5.26 Å². The average Bonchev–Trinajstić information content (AvgIpc) is 2.51. The zero-order valence-electron chi connectivity index (χ0n) is 11.9. The first-order valence-electron chi connectivity index (χ1n) is 6.60. The molecule has 5 heteroatoms. The third-order valence-electron chi connectivity index (χ3n) is 2.98. The van der Waals surface area contributed by atoms with Crippen LogP contribution in [0.3, 0.4) is 0 Å². The molecule has 110 valence electrons. The molecule has 22 heavy (non-hydrogen) atoms. The molecule has 0 unspecified atom stereocenters. The summed E-state index contributed by atoms with van der Waals surface area (Å²) in [6.45, 7) is 1.89. The van der Waals surface area contributed by atoms with Crippen LogP contribution in [-0.2, 0) is 4.79 Å². The van der Waals surface area contributed by atoms with Gasteiger partial charge >= 0.3 is 0 Å². The maximum Gasteiger partial charge on any atom is 0.267 e. The number of nitrogens with one attached hydrogen (secondary N) is 2. The van der Waals surface area contributed by atoms with Crippen molar-refractivity contribution in [3.05, 3.63) is 70.9 Å². The van der Waals surface area contributed by atoms with E-state index in [0.29, 0.717) is 16.4 Å². The Labute approximate surface area is 134 Å². The molecule has 2 aromatic carbocycles. The van der Waals surface area contributed by atoms with Crippen molar-refractivity contribution in [3.63, 3.8) is 0 Å². The number of hydrogen-bond donors (Lipinski definition) is 2. The fraction of sp³-hybridized carbons (Fsp3) is 0.0588. The highest BCUT2D eigenvalue weighted by Crippen LogP contribution is 2.25. The van der Waals surface area contributed by atoms with E-state index in [2.05, 4.69) is 10.6 Å². The monoisotopic (exact) mass is 311 g/mol. The van der Waals surface area contributed by atoms with Crippen molar-refractivity contribution < 1.29 is 4.79 Å². The van der Waals surface area contributed by atoms with E-state index in [1.165, 1.54) is 6.20 Å².